The molecule has 2 aromatic carbocycles. The third-order valence-electron chi connectivity index (χ3n) is 3.42. The number of thiazole rings is 1. The summed E-state index contributed by atoms with van der Waals surface area (Å²) < 4.78 is 35.9. The molecule has 3 rings (SSSR count). The monoisotopic (exact) mass is 391 g/mol. The molecule has 0 saturated heterocycles. The Morgan fingerprint density at radius 3 is 2.54 bits per heavy atom. The molecule has 134 valence electrons. The van der Waals surface area contributed by atoms with Gasteiger partial charge in [-0.3, -0.25) is 14.7 Å². The van der Waals surface area contributed by atoms with E-state index in [4.69, 9.17) is 0 Å². The maximum absolute atomic E-state index is 13.2. The van der Waals surface area contributed by atoms with Crippen LogP contribution in [0.5, 0.6) is 0 Å². The largest absolute Gasteiger partial charge is 0.298 e. The Labute approximate surface area is 155 Å². The fourth-order valence-corrected chi connectivity index (χ4v) is 3.62. The smallest absolute Gasteiger partial charge is 0.266 e. The van der Waals surface area contributed by atoms with E-state index in [9.17, 15) is 17.9 Å². The quantitative estimate of drug-likeness (QED) is 0.641. The van der Waals surface area contributed by atoms with Crippen molar-refractivity contribution >= 4 is 45.0 Å². The predicted octanol–water partition coefficient (Wildman–Crippen LogP) is 4.12. The molecule has 9 heteroatoms. The first-order chi connectivity index (χ1) is 12.5. The van der Waals surface area contributed by atoms with Crippen LogP contribution in [0.15, 0.2) is 53.9 Å². The number of para-hydroxylation sites is 1. The summed E-state index contributed by atoms with van der Waals surface area (Å²) in [6.07, 6.45) is 0. The average molecular weight is 391 g/mol. The number of carbonyl (C=O) groups excluding carboxylic acids is 1. The zero-order chi connectivity index (χ0) is 18.7. The van der Waals surface area contributed by atoms with Gasteiger partial charge in [0.2, 0.25) is 0 Å². The van der Waals surface area contributed by atoms with Crippen LogP contribution < -0.4 is 9.62 Å². The van der Waals surface area contributed by atoms with Gasteiger partial charge in [0.25, 0.3) is 17.2 Å². The van der Waals surface area contributed by atoms with Gasteiger partial charge in [0, 0.05) is 5.38 Å². The van der Waals surface area contributed by atoms with Gasteiger partial charge in [-0.15, -0.1) is 11.3 Å². The molecule has 0 aliphatic rings. The second-order valence-electron chi connectivity index (χ2n) is 5.27. The average Bonchev–Trinajstić information content (AvgIpc) is 3.02. The summed E-state index contributed by atoms with van der Waals surface area (Å²) in [7, 11) is 0. The lowest BCUT2D eigenvalue weighted by Gasteiger charge is -2.22. The van der Waals surface area contributed by atoms with Crippen LogP contribution in [0, 0.1) is 12.7 Å². The SMILES string of the molecule is Cc1csc(NC(=O)c2ccccc2N(c2ccc(F)cc2)S(=O)O)n1. The number of hydrogen-bond donors (Lipinski definition) is 2. The van der Waals surface area contributed by atoms with Crippen molar-refractivity contribution in [2.24, 2.45) is 0 Å². The van der Waals surface area contributed by atoms with Crippen molar-refractivity contribution in [2.45, 2.75) is 6.92 Å². The topological polar surface area (TPSA) is 82.5 Å². The number of nitrogens with one attached hydrogen (secondary N) is 1. The van der Waals surface area contributed by atoms with Gasteiger partial charge in [-0.05, 0) is 43.3 Å². The van der Waals surface area contributed by atoms with Gasteiger partial charge >= 0.3 is 0 Å². The lowest BCUT2D eigenvalue weighted by atomic mass is 10.1. The lowest BCUT2D eigenvalue weighted by Crippen LogP contribution is -2.23. The Bertz CT molecular complexity index is 960. The summed E-state index contributed by atoms with van der Waals surface area (Å²) in [5, 5.41) is 4.91. The van der Waals surface area contributed by atoms with Crippen molar-refractivity contribution in [1.82, 2.24) is 4.98 Å². The van der Waals surface area contributed by atoms with E-state index in [0.29, 0.717) is 5.13 Å². The Morgan fingerprint density at radius 2 is 1.92 bits per heavy atom. The van der Waals surface area contributed by atoms with Crippen LogP contribution in [0.1, 0.15) is 16.1 Å². The highest BCUT2D eigenvalue weighted by Crippen LogP contribution is 2.30. The number of benzene rings is 2. The minimum absolute atomic E-state index is 0.187. The van der Waals surface area contributed by atoms with Gasteiger partial charge < -0.3 is 0 Å². The fourth-order valence-electron chi connectivity index (χ4n) is 2.31. The molecule has 0 aliphatic carbocycles. The van der Waals surface area contributed by atoms with E-state index >= 15 is 0 Å². The molecule has 0 spiro atoms. The molecular weight excluding hydrogens is 377 g/mol. The first-order valence-electron chi connectivity index (χ1n) is 7.45. The third kappa shape index (κ3) is 3.96. The summed E-state index contributed by atoms with van der Waals surface area (Å²) in [6, 6.07) is 11.4. The molecule has 0 fully saturated rings. The number of hydrogen-bond acceptors (Lipinski definition) is 4. The summed E-state index contributed by atoms with van der Waals surface area (Å²) in [5.41, 5.74) is 1.46. The summed E-state index contributed by atoms with van der Waals surface area (Å²) in [4.78, 5) is 16.8. The zero-order valence-corrected chi connectivity index (χ0v) is 15.2. The first kappa shape index (κ1) is 18.2. The second-order valence-corrected chi connectivity index (χ2v) is 6.95. The number of amides is 1. The Balaban J connectivity index is 1.99. The molecule has 1 heterocycles. The van der Waals surface area contributed by atoms with E-state index in [1.807, 2.05) is 6.92 Å². The number of nitrogens with zero attached hydrogens (tertiary/aromatic N) is 2. The highest BCUT2D eigenvalue weighted by Gasteiger charge is 2.22. The molecule has 0 saturated carbocycles. The first-order valence-corrected chi connectivity index (χ1v) is 9.39. The molecule has 3 aromatic rings. The van der Waals surface area contributed by atoms with Crippen molar-refractivity contribution in [3.63, 3.8) is 0 Å². The highest BCUT2D eigenvalue weighted by molar-refractivity contribution is 7.81. The van der Waals surface area contributed by atoms with Crippen LogP contribution in [0.4, 0.5) is 20.9 Å². The van der Waals surface area contributed by atoms with Crippen molar-refractivity contribution in [3.8, 4) is 0 Å². The summed E-state index contributed by atoms with van der Waals surface area (Å²) in [6.45, 7) is 1.81. The van der Waals surface area contributed by atoms with Gasteiger partial charge in [0.15, 0.2) is 5.13 Å². The molecular formula is C17H14FN3O3S2. The minimum Gasteiger partial charge on any atom is -0.298 e. The molecule has 1 atom stereocenters. The summed E-state index contributed by atoms with van der Waals surface area (Å²) >= 11 is -1.18. The molecule has 2 N–H and O–H groups in total. The molecule has 1 amide bonds. The van der Waals surface area contributed by atoms with Crippen LogP contribution in [0.2, 0.25) is 0 Å². The van der Waals surface area contributed by atoms with Gasteiger partial charge in [-0.2, -0.15) is 0 Å². The predicted molar refractivity (Wildman–Crippen MR) is 101 cm³/mol. The van der Waals surface area contributed by atoms with E-state index in [1.54, 1.807) is 23.6 Å². The molecule has 0 aliphatic heterocycles. The fraction of sp³-hybridized carbons (Fsp3) is 0.0588. The molecule has 1 unspecified atom stereocenters. The number of carbonyl (C=O) groups is 1. The minimum atomic E-state index is -2.46. The van der Waals surface area contributed by atoms with E-state index in [-0.39, 0.29) is 16.9 Å². The maximum atomic E-state index is 13.2. The van der Waals surface area contributed by atoms with Gasteiger partial charge in [0.1, 0.15) is 5.82 Å². The van der Waals surface area contributed by atoms with Crippen molar-refractivity contribution in [2.75, 3.05) is 9.62 Å². The van der Waals surface area contributed by atoms with Crippen molar-refractivity contribution in [1.29, 1.82) is 0 Å². The molecule has 0 radical (unpaired) electrons. The second kappa shape index (κ2) is 7.73. The van der Waals surface area contributed by atoms with Crippen LogP contribution in [0.25, 0.3) is 0 Å². The maximum Gasteiger partial charge on any atom is 0.266 e. The van der Waals surface area contributed by atoms with Crippen LogP contribution >= 0.6 is 11.3 Å². The lowest BCUT2D eigenvalue weighted by molar-refractivity contribution is 0.102. The van der Waals surface area contributed by atoms with Crippen molar-refractivity contribution < 1.29 is 17.9 Å². The number of aryl methyl sites for hydroxylation is 1. The highest BCUT2D eigenvalue weighted by atomic mass is 32.2. The number of rotatable bonds is 5. The van der Waals surface area contributed by atoms with Crippen LogP contribution in [-0.2, 0) is 11.3 Å². The van der Waals surface area contributed by atoms with Crippen molar-refractivity contribution in [3.05, 3.63) is 71.0 Å². The van der Waals surface area contributed by atoms with E-state index in [2.05, 4.69) is 10.3 Å². The van der Waals surface area contributed by atoms with E-state index < -0.39 is 23.0 Å². The van der Waals surface area contributed by atoms with Crippen LogP contribution in [-0.4, -0.2) is 19.7 Å². The zero-order valence-electron chi connectivity index (χ0n) is 13.5. The third-order valence-corrected chi connectivity index (χ3v) is 5.02. The standard InChI is InChI=1S/C17H14FN3O3S2/c1-11-10-25-17(19-11)20-16(22)14-4-2-3-5-15(14)21(26(23)24)13-8-6-12(18)7-9-13/h2-10H,1H3,(H,23,24)(H,19,20,22). The Hall–Kier alpha value is -2.62. The number of anilines is 3. The number of aromatic nitrogens is 1. The van der Waals surface area contributed by atoms with Gasteiger partial charge in [-0.1, -0.05) is 12.1 Å². The normalized spacial score (nSPS) is 11.8. The molecule has 6 nitrogen and oxygen atoms in total. The van der Waals surface area contributed by atoms with E-state index in [0.717, 1.165) is 10.00 Å². The van der Waals surface area contributed by atoms with E-state index in [1.165, 1.54) is 41.7 Å². The molecule has 26 heavy (non-hydrogen) atoms. The molecule has 0 bridgehead atoms. The van der Waals surface area contributed by atoms with Crippen LogP contribution in [0.3, 0.4) is 0 Å². The Kier molecular flexibility index (Phi) is 5.40. The van der Waals surface area contributed by atoms with Gasteiger partial charge in [0.05, 0.1) is 22.6 Å². The van der Waals surface area contributed by atoms with Gasteiger partial charge in [-0.25, -0.2) is 17.9 Å². The molecule has 1 aromatic heterocycles. The summed E-state index contributed by atoms with van der Waals surface area (Å²) in [5.74, 6) is -0.935. The Morgan fingerprint density at radius 1 is 1.23 bits per heavy atom. The number of halogens is 1.